The van der Waals surface area contributed by atoms with E-state index in [1.165, 1.54) is 12.0 Å². The molecule has 1 aliphatic rings. The molecule has 0 aliphatic carbocycles. The van der Waals surface area contributed by atoms with Crippen molar-refractivity contribution >= 4 is 34.3 Å². The van der Waals surface area contributed by atoms with Crippen LogP contribution in [0.1, 0.15) is 22.2 Å². The molecular weight excluding hydrogens is 394 g/mol. The minimum Gasteiger partial charge on any atom is -0.503 e. The first kappa shape index (κ1) is 19.2. The highest BCUT2D eigenvalue weighted by Gasteiger charge is 2.44. The summed E-state index contributed by atoms with van der Waals surface area (Å²) in [5.41, 5.74) is 1.20. The maximum atomic E-state index is 13.3. The van der Waals surface area contributed by atoms with Crippen LogP contribution in [0.25, 0.3) is 11.0 Å². The Morgan fingerprint density at radius 3 is 2.69 bits per heavy atom. The molecule has 0 saturated carbocycles. The molecule has 0 bridgehead atoms. The molecule has 0 fully saturated rings. The van der Waals surface area contributed by atoms with Gasteiger partial charge in [-0.1, -0.05) is 41.9 Å². The van der Waals surface area contributed by atoms with Gasteiger partial charge in [-0.25, -0.2) is 0 Å². The number of furan rings is 1. The molecule has 6 nitrogen and oxygen atoms in total. The molecule has 2 aromatic carbocycles. The lowest BCUT2D eigenvalue weighted by Crippen LogP contribution is -2.33. The fourth-order valence-corrected chi connectivity index (χ4v) is 3.73. The van der Waals surface area contributed by atoms with Crippen molar-refractivity contribution in [2.75, 3.05) is 20.3 Å². The Balaban J connectivity index is 1.79. The highest BCUT2D eigenvalue weighted by atomic mass is 35.5. The van der Waals surface area contributed by atoms with Crippen LogP contribution in [0.5, 0.6) is 0 Å². The van der Waals surface area contributed by atoms with Crippen LogP contribution in [0.15, 0.2) is 70.3 Å². The fourth-order valence-electron chi connectivity index (χ4n) is 3.55. The van der Waals surface area contributed by atoms with Crippen molar-refractivity contribution in [1.29, 1.82) is 0 Å². The van der Waals surface area contributed by atoms with E-state index in [-0.39, 0.29) is 24.5 Å². The van der Waals surface area contributed by atoms with E-state index in [0.29, 0.717) is 21.6 Å². The number of benzene rings is 2. The van der Waals surface area contributed by atoms with Gasteiger partial charge in [0.25, 0.3) is 5.91 Å². The van der Waals surface area contributed by atoms with E-state index in [1.54, 1.807) is 24.3 Å². The molecule has 3 aromatic rings. The number of aliphatic hydroxyl groups excluding tert-OH is 1. The maximum Gasteiger partial charge on any atom is 0.290 e. The molecule has 148 valence electrons. The van der Waals surface area contributed by atoms with Gasteiger partial charge in [-0.3, -0.25) is 9.59 Å². The average Bonchev–Trinajstić information content (AvgIpc) is 3.25. The van der Waals surface area contributed by atoms with E-state index in [0.717, 1.165) is 0 Å². The van der Waals surface area contributed by atoms with Crippen LogP contribution in [0.4, 0.5) is 0 Å². The Morgan fingerprint density at radius 2 is 1.97 bits per heavy atom. The number of hydrogen-bond acceptors (Lipinski definition) is 5. The number of halogens is 1. The zero-order chi connectivity index (χ0) is 20.5. The quantitative estimate of drug-likeness (QED) is 0.611. The Labute approximate surface area is 171 Å². The molecule has 1 N–H and O–H groups in total. The molecule has 0 radical (unpaired) electrons. The van der Waals surface area contributed by atoms with Gasteiger partial charge in [0.1, 0.15) is 5.58 Å². The molecule has 4 rings (SSSR count). The zero-order valence-corrected chi connectivity index (χ0v) is 16.3. The van der Waals surface area contributed by atoms with Gasteiger partial charge >= 0.3 is 0 Å². The van der Waals surface area contributed by atoms with Crippen LogP contribution in [0, 0.1) is 0 Å². The molecule has 0 saturated heterocycles. The van der Waals surface area contributed by atoms with E-state index >= 15 is 0 Å². The Morgan fingerprint density at radius 1 is 1.21 bits per heavy atom. The molecule has 1 amide bonds. The van der Waals surface area contributed by atoms with E-state index in [2.05, 4.69) is 0 Å². The summed E-state index contributed by atoms with van der Waals surface area (Å²) in [4.78, 5) is 27.5. The summed E-state index contributed by atoms with van der Waals surface area (Å²) in [7, 11) is 1.52. The summed E-state index contributed by atoms with van der Waals surface area (Å²) < 4.78 is 10.8. The molecule has 1 aliphatic heterocycles. The SMILES string of the molecule is COCCN1C(=O)C(O)=C(C(=O)c2cc3cc(Cl)ccc3o2)C1c1ccccc1. The lowest BCUT2D eigenvalue weighted by molar-refractivity contribution is -0.130. The summed E-state index contributed by atoms with van der Waals surface area (Å²) in [5.74, 6) is -1.69. The normalized spacial score (nSPS) is 16.8. The van der Waals surface area contributed by atoms with Gasteiger partial charge in [-0.2, -0.15) is 0 Å². The van der Waals surface area contributed by atoms with Gasteiger partial charge in [0, 0.05) is 24.1 Å². The number of amides is 1. The van der Waals surface area contributed by atoms with Crippen molar-refractivity contribution in [2.45, 2.75) is 6.04 Å². The number of carbonyl (C=O) groups is 2. The summed E-state index contributed by atoms with van der Waals surface area (Å²) in [6.45, 7) is 0.498. The summed E-state index contributed by atoms with van der Waals surface area (Å²) in [5, 5.41) is 11.8. The average molecular weight is 412 g/mol. The second kappa shape index (κ2) is 7.73. The lowest BCUT2D eigenvalue weighted by atomic mass is 9.95. The third-order valence-corrected chi connectivity index (χ3v) is 5.14. The molecule has 0 spiro atoms. The van der Waals surface area contributed by atoms with Crippen LogP contribution in [-0.4, -0.2) is 42.0 Å². The van der Waals surface area contributed by atoms with E-state index in [1.807, 2.05) is 30.3 Å². The third kappa shape index (κ3) is 3.41. The number of carbonyl (C=O) groups excluding carboxylic acids is 2. The fraction of sp³-hybridized carbons (Fsp3) is 0.182. The Bertz CT molecular complexity index is 1120. The second-order valence-electron chi connectivity index (χ2n) is 6.69. The first-order chi connectivity index (χ1) is 14.0. The molecule has 1 unspecified atom stereocenters. The van der Waals surface area contributed by atoms with Crippen molar-refractivity contribution in [3.05, 3.63) is 82.3 Å². The predicted molar refractivity (Wildman–Crippen MR) is 108 cm³/mol. The van der Waals surface area contributed by atoms with Crippen molar-refractivity contribution in [3.63, 3.8) is 0 Å². The lowest BCUT2D eigenvalue weighted by Gasteiger charge is -2.26. The largest absolute Gasteiger partial charge is 0.503 e. The van der Waals surface area contributed by atoms with Crippen LogP contribution >= 0.6 is 11.6 Å². The first-order valence-electron chi connectivity index (χ1n) is 9.03. The van der Waals surface area contributed by atoms with Crippen molar-refractivity contribution < 1.29 is 23.8 Å². The van der Waals surface area contributed by atoms with Crippen molar-refractivity contribution in [1.82, 2.24) is 4.90 Å². The first-order valence-corrected chi connectivity index (χ1v) is 9.41. The van der Waals surface area contributed by atoms with Gasteiger partial charge in [-0.05, 0) is 29.8 Å². The summed E-state index contributed by atoms with van der Waals surface area (Å²) >= 11 is 6.01. The van der Waals surface area contributed by atoms with Gasteiger partial charge in [-0.15, -0.1) is 0 Å². The second-order valence-corrected chi connectivity index (χ2v) is 7.13. The van der Waals surface area contributed by atoms with Crippen LogP contribution < -0.4 is 0 Å². The topological polar surface area (TPSA) is 80.0 Å². The van der Waals surface area contributed by atoms with Crippen LogP contribution in [0.3, 0.4) is 0 Å². The molecule has 2 heterocycles. The van der Waals surface area contributed by atoms with Crippen molar-refractivity contribution in [3.8, 4) is 0 Å². The maximum absolute atomic E-state index is 13.3. The number of hydrogen-bond donors (Lipinski definition) is 1. The number of aliphatic hydroxyl groups is 1. The van der Waals surface area contributed by atoms with Gasteiger partial charge < -0.3 is 19.2 Å². The van der Waals surface area contributed by atoms with Gasteiger partial charge in [0.05, 0.1) is 18.2 Å². The number of ketones is 1. The molecule has 7 heteroatoms. The smallest absolute Gasteiger partial charge is 0.290 e. The van der Waals surface area contributed by atoms with E-state index in [9.17, 15) is 14.7 Å². The van der Waals surface area contributed by atoms with Crippen molar-refractivity contribution in [2.24, 2.45) is 0 Å². The van der Waals surface area contributed by atoms with E-state index < -0.39 is 23.5 Å². The van der Waals surface area contributed by atoms with Gasteiger partial charge in [0.15, 0.2) is 11.5 Å². The number of fused-ring (bicyclic) bond motifs is 1. The Hall–Kier alpha value is -3.09. The minimum absolute atomic E-state index is 0.0116. The number of rotatable bonds is 6. The number of Topliss-reactive ketones (excluding diaryl/α,β-unsaturated/α-hetero) is 1. The standard InChI is InChI=1S/C22H18ClNO5/c1-28-10-9-24-19(13-5-3-2-4-6-13)18(21(26)22(24)27)20(25)17-12-14-11-15(23)7-8-16(14)29-17/h2-8,11-12,19,26H,9-10H2,1H3. The molecule has 29 heavy (non-hydrogen) atoms. The monoisotopic (exact) mass is 411 g/mol. The molecule has 1 atom stereocenters. The third-order valence-electron chi connectivity index (χ3n) is 4.90. The highest BCUT2D eigenvalue weighted by molar-refractivity contribution is 6.31. The zero-order valence-electron chi connectivity index (χ0n) is 15.6. The van der Waals surface area contributed by atoms with E-state index in [4.69, 9.17) is 20.8 Å². The predicted octanol–water partition coefficient (Wildman–Crippen LogP) is 4.31. The minimum atomic E-state index is -0.733. The number of nitrogens with zero attached hydrogens (tertiary/aromatic N) is 1. The molecular formula is C22H18ClNO5. The summed E-state index contributed by atoms with van der Waals surface area (Å²) in [6.07, 6.45) is 0. The van der Waals surface area contributed by atoms with Crippen LogP contribution in [-0.2, 0) is 9.53 Å². The number of ether oxygens (including phenoxy) is 1. The molecule has 1 aromatic heterocycles. The number of methoxy groups -OCH3 is 1. The Kier molecular flexibility index (Phi) is 5.13. The summed E-state index contributed by atoms with van der Waals surface area (Å²) in [6, 6.07) is 14.9. The van der Waals surface area contributed by atoms with Crippen LogP contribution in [0.2, 0.25) is 5.02 Å². The van der Waals surface area contributed by atoms with Gasteiger partial charge in [0.2, 0.25) is 5.78 Å². The highest BCUT2D eigenvalue weighted by Crippen LogP contribution is 2.39.